The van der Waals surface area contributed by atoms with E-state index in [1.165, 1.54) is 56.9 Å². The van der Waals surface area contributed by atoms with Crippen LogP contribution in [0.1, 0.15) is 106 Å². The summed E-state index contributed by atoms with van der Waals surface area (Å²) in [7, 11) is -3.33. The molecule has 24 heavy (non-hydrogen) atoms. The molecule has 0 aromatic heterocycles. The lowest BCUT2D eigenvalue weighted by molar-refractivity contribution is 0.431. The molecular formula is C20H29NO2S. The molecule has 1 N–H and O–H groups in total. The normalized spacial score (nSPS) is 28.0. The fourth-order valence-corrected chi connectivity index (χ4v) is 6.87. The van der Waals surface area contributed by atoms with Crippen molar-refractivity contribution in [2.75, 3.05) is 0 Å². The Hall–Kier alpha value is -0.870. The van der Waals surface area contributed by atoms with Crippen molar-refractivity contribution in [1.82, 2.24) is 4.72 Å². The van der Waals surface area contributed by atoms with Crippen molar-refractivity contribution in [3.63, 3.8) is 0 Å². The standard InChI is InChI=1S/C20H29NO2S/c1-14-18-12-17(15-8-4-2-5-9-15)13-19(16-10-6-3-7-11-16)20(18)24(22,23)21-14/h12-16,21H,2-11H2,1H3/t14-/m0/s1. The number of hydrogen-bond acceptors (Lipinski definition) is 2. The number of rotatable bonds is 2. The Bertz CT molecular complexity index is 713. The molecule has 4 heteroatoms. The van der Waals surface area contributed by atoms with Crippen LogP contribution in [0.25, 0.3) is 0 Å². The van der Waals surface area contributed by atoms with E-state index in [1.807, 2.05) is 6.92 Å². The lowest BCUT2D eigenvalue weighted by Crippen LogP contribution is -2.18. The zero-order chi connectivity index (χ0) is 16.7. The van der Waals surface area contributed by atoms with Gasteiger partial charge in [0.15, 0.2) is 0 Å². The molecular weight excluding hydrogens is 318 g/mol. The second-order valence-corrected chi connectivity index (χ2v) is 9.69. The van der Waals surface area contributed by atoms with Gasteiger partial charge in [-0.25, -0.2) is 13.1 Å². The summed E-state index contributed by atoms with van der Waals surface area (Å²) in [6.45, 7) is 1.98. The molecule has 1 aromatic carbocycles. The maximum absolute atomic E-state index is 12.7. The number of fused-ring (bicyclic) bond motifs is 1. The van der Waals surface area contributed by atoms with Crippen LogP contribution in [-0.2, 0) is 10.0 Å². The van der Waals surface area contributed by atoms with Crippen molar-refractivity contribution < 1.29 is 8.42 Å². The van der Waals surface area contributed by atoms with Crippen LogP contribution in [-0.4, -0.2) is 8.42 Å². The maximum atomic E-state index is 12.7. The molecule has 1 heterocycles. The van der Waals surface area contributed by atoms with Crippen LogP contribution in [0.2, 0.25) is 0 Å². The Labute approximate surface area is 146 Å². The largest absolute Gasteiger partial charge is 0.241 e. The van der Waals surface area contributed by atoms with Crippen molar-refractivity contribution in [2.24, 2.45) is 0 Å². The summed E-state index contributed by atoms with van der Waals surface area (Å²) in [5.41, 5.74) is 3.56. The minimum absolute atomic E-state index is 0.0871. The van der Waals surface area contributed by atoms with E-state index < -0.39 is 10.0 Å². The van der Waals surface area contributed by atoms with Gasteiger partial charge in [-0.1, -0.05) is 50.7 Å². The van der Waals surface area contributed by atoms with Gasteiger partial charge in [-0.3, -0.25) is 0 Å². The minimum Gasteiger partial charge on any atom is -0.207 e. The van der Waals surface area contributed by atoms with E-state index in [0.717, 1.165) is 24.0 Å². The van der Waals surface area contributed by atoms with E-state index in [-0.39, 0.29) is 6.04 Å². The first-order valence-electron chi connectivity index (χ1n) is 9.76. The molecule has 1 atom stereocenters. The average molecular weight is 348 g/mol. The maximum Gasteiger partial charge on any atom is 0.241 e. The molecule has 2 aliphatic carbocycles. The van der Waals surface area contributed by atoms with E-state index in [4.69, 9.17) is 0 Å². The molecule has 0 unspecified atom stereocenters. The molecule has 2 saturated carbocycles. The highest BCUT2D eigenvalue weighted by Crippen LogP contribution is 2.44. The van der Waals surface area contributed by atoms with Gasteiger partial charge >= 0.3 is 0 Å². The van der Waals surface area contributed by atoms with Gasteiger partial charge in [0.25, 0.3) is 0 Å². The molecule has 4 rings (SSSR count). The summed E-state index contributed by atoms with van der Waals surface area (Å²) in [5.74, 6) is 1.06. The van der Waals surface area contributed by atoms with Gasteiger partial charge in [0, 0.05) is 6.04 Å². The monoisotopic (exact) mass is 347 g/mol. The molecule has 0 bridgehead atoms. The van der Waals surface area contributed by atoms with Crippen LogP contribution in [0.4, 0.5) is 0 Å². The summed E-state index contributed by atoms with van der Waals surface area (Å²) in [5, 5.41) is 0. The minimum atomic E-state index is -3.33. The Kier molecular flexibility index (Phi) is 4.46. The third kappa shape index (κ3) is 2.92. The van der Waals surface area contributed by atoms with Gasteiger partial charge in [-0.05, 0) is 61.1 Å². The zero-order valence-corrected chi connectivity index (χ0v) is 15.5. The number of sulfonamides is 1. The van der Waals surface area contributed by atoms with E-state index in [9.17, 15) is 8.42 Å². The lowest BCUT2D eigenvalue weighted by atomic mass is 9.78. The molecule has 3 nitrogen and oxygen atoms in total. The Morgan fingerprint density at radius 2 is 1.38 bits per heavy atom. The molecule has 1 aromatic rings. The smallest absolute Gasteiger partial charge is 0.207 e. The summed E-state index contributed by atoms with van der Waals surface area (Å²) < 4.78 is 28.2. The number of hydrogen-bond donors (Lipinski definition) is 1. The van der Waals surface area contributed by atoms with E-state index in [0.29, 0.717) is 16.7 Å². The summed E-state index contributed by atoms with van der Waals surface area (Å²) >= 11 is 0. The van der Waals surface area contributed by atoms with Crippen LogP contribution in [0.3, 0.4) is 0 Å². The Morgan fingerprint density at radius 1 is 0.833 bits per heavy atom. The highest BCUT2D eigenvalue weighted by Gasteiger charge is 2.37. The fourth-order valence-electron chi connectivity index (χ4n) is 5.07. The molecule has 3 aliphatic rings. The average Bonchev–Trinajstić information content (AvgIpc) is 2.85. The second-order valence-electron chi connectivity index (χ2n) is 8.04. The van der Waals surface area contributed by atoms with Crippen molar-refractivity contribution in [2.45, 2.75) is 93.9 Å². The topological polar surface area (TPSA) is 46.2 Å². The molecule has 0 spiro atoms. The van der Waals surface area contributed by atoms with Gasteiger partial charge in [-0.15, -0.1) is 0 Å². The van der Waals surface area contributed by atoms with Crippen LogP contribution < -0.4 is 4.72 Å². The van der Waals surface area contributed by atoms with Crippen molar-refractivity contribution in [1.29, 1.82) is 0 Å². The predicted molar refractivity (Wildman–Crippen MR) is 96.8 cm³/mol. The highest BCUT2D eigenvalue weighted by atomic mass is 32.2. The van der Waals surface area contributed by atoms with Gasteiger partial charge in [0.05, 0.1) is 4.90 Å². The van der Waals surface area contributed by atoms with Crippen molar-refractivity contribution in [3.8, 4) is 0 Å². The van der Waals surface area contributed by atoms with E-state index >= 15 is 0 Å². The van der Waals surface area contributed by atoms with Gasteiger partial charge in [0.1, 0.15) is 0 Å². The van der Waals surface area contributed by atoms with E-state index in [2.05, 4.69) is 16.9 Å². The fraction of sp³-hybridized carbons (Fsp3) is 0.700. The third-order valence-corrected chi connectivity index (χ3v) is 8.03. The summed E-state index contributed by atoms with van der Waals surface area (Å²) in [4.78, 5) is 0.626. The first-order chi connectivity index (χ1) is 11.6. The van der Waals surface area contributed by atoms with E-state index in [1.54, 1.807) is 0 Å². The number of benzene rings is 1. The van der Waals surface area contributed by atoms with Crippen molar-refractivity contribution in [3.05, 3.63) is 28.8 Å². The van der Waals surface area contributed by atoms with Gasteiger partial charge < -0.3 is 0 Å². The van der Waals surface area contributed by atoms with Crippen LogP contribution in [0, 0.1) is 0 Å². The van der Waals surface area contributed by atoms with Gasteiger partial charge in [0.2, 0.25) is 10.0 Å². The van der Waals surface area contributed by atoms with Gasteiger partial charge in [-0.2, -0.15) is 0 Å². The van der Waals surface area contributed by atoms with Crippen LogP contribution in [0.15, 0.2) is 17.0 Å². The molecule has 0 radical (unpaired) electrons. The third-order valence-electron chi connectivity index (χ3n) is 6.36. The predicted octanol–water partition coefficient (Wildman–Crippen LogP) is 5.13. The molecule has 1 aliphatic heterocycles. The van der Waals surface area contributed by atoms with Crippen LogP contribution >= 0.6 is 0 Å². The highest BCUT2D eigenvalue weighted by molar-refractivity contribution is 7.89. The molecule has 0 amide bonds. The summed E-state index contributed by atoms with van der Waals surface area (Å²) in [6, 6.07) is 4.40. The quantitative estimate of drug-likeness (QED) is 0.805. The van der Waals surface area contributed by atoms with Crippen molar-refractivity contribution >= 4 is 10.0 Å². The second kappa shape index (κ2) is 6.45. The lowest BCUT2D eigenvalue weighted by Gasteiger charge is -2.27. The van der Waals surface area contributed by atoms with Crippen LogP contribution in [0.5, 0.6) is 0 Å². The Balaban J connectivity index is 1.82. The SMILES string of the molecule is C[C@@H]1NS(=O)(=O)c2c(C3CCCCC3)cc(C3CCCCC3)cc21. The molecule has 0 saturated heterocycles. The molecule has 2 fully saturated rings. The first kappa shape index (κ1) is 16.6. The molecule has 132 valence electrons. The Morgan fingerprint density at radius 3 is 2.00 bits per heavy atom. The number of nitrogens with one attached hydrogen (secondary N) is 1. The summed E-state index contributed by atoms with van der Waals surface area (Å²) in [6.07, 6.45) is 12.5. The zero-order valence-electron chi connectivity index (χ0n) is 14.7. The first-order valence-corrected chi connectivity index (χ1v) is 11.2.